The molecule has 3 heteroatoms. The molecule has 0 rings (SSSR count). The van der Waals surface area contributed by atoms with Crippen molar-refractivity contribution < 1.29 is 10.0 Å². The Balaban J connectivity index is 0. The molecule has 0 radical (unpaired) electrons. The molecule has 0 heterocycles. The smallest absolute Gasteiger partial charge is 0.332 e. The van der Waals surface area contributed by atoms with Crippen LogP contribution in [0, 0.1) is 0 Å². The molecule has 0 atom stereocenters. The summed E-state index contributed by atoms with van der Waals surface area (Å²) in [6.07, 6.45) is 0. The first kappa shape index (κ1) is 8.91. The third-order valence-corrected chi connectivity index (χ3v) is 0. The Kier molecular flexibility index (Phi) is 7.23. The van der Waals surface area contributed by atoms with E-state index in [1.54, 1.807) is 13.3 Å². The predicted octanol–water partition coefficient (Wildman–Crippen LogP) is 0.249. The van der Waals surface area contributed by atoms with Crippen LogP contribution in [0.4, 0.5) is 0 Å². The average Bonchev–Trinajstić information content (AvgIpc) is 0.811. The molecule has 0 saturated carbocycles. The van der Waals surface area contributed by atoms with Crippen molar-refractivity contribution in [1.29, 1.82) is 0 Å². The van der Waals surface area contributed by atoms with Crippen LogP contribution in [0.25, 0.3) is 0 Å². The maximum atomic E-state index is 9.59. The van der Waals surface area contributed by atoms with E-state index in [1.165, 1.54) is 0 Å². The van der Waals surface area contributed by atoms with E-state index in [0.717, 1.165) is 0 Å². The Morgan fingerprint density at radius 2 is 1.40 bits per heavy atom. The van der Waals surface area contributed by atoms with Crippen LogP contribution in [0.1, 0.15) is 0 Å². The molecule has 2 N–H and O–H groups in total. The quantitative estimate of drug-likeness (QED) is 0.398. The number of hydrogen-bond donors (Lipinski definition) is 0. The van der Waals surface area contributed by atoms with E-state index < -0.39 is 7.80 Å². The summed E-state index contributed by atoms with van der Waals surface area (Å²) in [7, 11) is -0.870. The molecule has 0 spiro atoms. The molecule has 0 aliphatic rings. The van der Waals surface area contributed by atoms with Gasteiger partial charge in [-0.15, -0.1) is 0 Å². The van der Waals surface area contributed by atoms with Crippen LogP contribution < -0.4 is 0 Å². The van der Waals surface area contributed by atoms with Crippen LogP contribution in [0.15, 0.2) is 0 Å². The lowest BCUT2D eigenvalue weighted by atomic mass is 11.9. The van der Waals surface area contributed by atoms with Gasteiger partial charge >= 0.3 is 7.80 Å². The van der Waals surface area contributed by atoms with Gasteiger partial charge in [-0.3, -0.25) is 0 Å². The van der Waals surface area contributed by atoms with Crippen molar-refractivity contribution >= 4 is 7.80 Å². The van der Waals surface area contributed by atoms with E-state index in [9.17, 15) is 4.57 Å². The summed E-state index contributed by atoms with van der Waals surface area (Å²) < 4.78 is 9.59. The highest BCUT2D eigenvalue weighted by molar-refractivity contribution is 7.42. The van der Waals surface area contributed by atoms with Gasteiger partial charge < -0.3 is 5.48 Å². The second-order valence-electron chi connectivity index (χ2n) is 0.812. The zero-order valence-corrected chi connectivity index (χ0v) is 4.25. The first-order valence-electron chi connectivity index (χ1n) is 1.08. The van der Waals surface area contributed by atoms with Gasteiger partial charge in [-0.1, -0.05) is 4.57 Å². The second-order valence-corrected chi connectivity index (χ2v) is 2.44. The first-order chi connectivity index (χ1) is 1.73. The molecule has 0 aromatic heterocycles. The lowest BCUT2D eigenvalue weighted by Gasteiger charge is -1.37. The van der Waals surface area contributed by atoms with Crippen molar-refractivity contribution in [3.8, 4) is 0 Å². The standard InChI is InChI=1S/C2H6OP.H2O/c1-4(2)3;/h1-2H3;1H2/q+1;. The first-order valence-corrected chi connectivity index (χ1v) is 3.23. The van der Waals surface area contributed by atoms with E-state index in [-0.39, 0.29) is 5.48 Å². The highest BCUT2D eigenvalue weighted by Gasteiger charge is 1.80. The third-order valence-electron chi connectivity index (χ3n) is 0. The lowest BCUT2D eigenvalue weighted by molar-refractivity contribution is 0.594. The van der Waals surface area contributed by atoms with Crippen LogP contribution in [-0.2, 0) is 4.57 Å². The molecule has 0 amide bonds. The normalized spacial score (nSPS) is 5.20. The molecule has 0 unspecified atom stereocenters. The number of rotatable bonds is 0. The van der Waals surface area contributed by atoms with E-state index in [4.69, 9.17) is 0 Å². The van der Waals surface area contributed by atoms with E-state index in [2.05, 4.69) is 0 Å². The minimum Gasteiger partial charge on any atom is -0.412 e. The summed E-state index contributed by atoms with van der Waals surface area (Å²) >= 11 is 0. The van der Waals surface area contributed by atoms with Crippen molar-refractivity contribution in [3.63, 3.8) is 0 Å². The van der Waals surface area contributed by atoms with E-state index in [1.807, 2.05) is 0 Å². The van der Waals surface area contributed by atoms with Gasteiger partial charge in [0.2, 0.25) is 0 Å². The van der Waals surface area contributed by atoms with Crippen LogP contribution in [0.3, 0.4) is 0 Å². The lowest BCUT2D eigenvalue weighted by Crippen LogP contribution is -1.33. The topological polar surface area (TPSA) is 48.6 Å². The van der Waals surface area contributed by atoms with Crippen molar-refractivity contribution in [2.45, 2.75) is 0 Å². The van der Waals surface area contributed by atoms with Crippen LogP contribution in [0.2, 0.25) is 0 Å². The zero-order chi connectivity index (χ0) is 3.58. The van der Waals surface area contributed by atoms with Gasteiger partial charge in [-0.25, -0.2) is 0 Å². The van der Waals surface area contributed by atoms with Gasteiger partial charge in [0.1, 0.15) is 13.3 Å². The van der Waals surface area contributed by atoms with Crippen LogP contribution >= 0.6 is 7.80 Å². The molecule has 0 aromatic carbocycles. The molecular formula is C2H8O2P+. The molecule has 5 heavy (non-hydrogen) atoms. The third kappa shape index (κ3) is 4790. The van der Waals surface area contributed by atoms with Gasteiger partial charge in [0.05, 0.1) is 0 Å². The predicted molar refractivity (Wildman–Crippen MR) is 23.1 cm³/mol. The van der Waals surface area contributed by atoms with Crippen LogP contribution in [0.5, 0.6) is 0 Å². The number of hydrogen-bond acceptors (Lipinski definition) is 1. The fourth-order valence-electron chi connectivity index (χ4n) is 0. The largest absolute Gasteiger partial charge is 0.412 e. The van der Waals surface area contributed by atoms with Crippen molar-refractivity contribution in [2.24, 2.45) is 0 Å². The molecule has 0 aliphatic carbocycles. The van der Waals surface area contributed by atoms with Gasteiger partial charge in [-0.05, 0) is 0 Å². The summed E-state index contributed by atoms with van der Waals surface area (Å²) in [4.78, 5) is 0. The SMILES string of the molecule is C[P+](C)=O.O. The molecule has 0 saturated heterocycles. The minimum atomic E-state index is -0.870. The Morgan fingerprint density at radius 3 is 1.40 bits per heavy atom. The van der Waals surface area contributed by atoms with Gasteiger partial charge in [0.25, 0.3) is 0 Å². The van der Waals surface area contributed by atoms with Crippen molar-refractivity contribution in [1.82, 2.24) is 0 Å². The van der Waals surface area contributed by atoms with Gasteiger partial charge in [0, 0.05) is 0 Å². The van der Waals surface area contributed by atoms with Crippen molar-refractivity contribution in [2.75, 3.05) is 13.3 Å². The molecule has 0 aliphatic heterocycles. The van der Waals surface area contributed by atoms with Crippen molar-refractivity contribution in [3.05, 3.63) is 0 Å². The molecule has 0 fully saturated rings. The van der Waals surface area contributed by atoms with Gasteiger partial charge in [0.15, 0.2) is 0 Å². The van der Waals surface area contributed by atoms with Gasteiger partial charge in [-0.2, -0.15) is 0 Å². The van der Waals surface area contributed by atoms with E-state index >= 15 is 0 Å². The molecule has 2 nitrogen and oxygen atoms in total. The maximum absolute atomic E-state index is 9.59. The van der Waals surface area contributed by atoms with Crippen LogP contribution in [-0.4, -0.2) is 18.8 Å². The molecule has 32 valence electrons. The Labute approximate surface area is 32.3 Å². The molecule has 0 bridgehead atoms. The fourth-order valence-corrected chi connectivity index (χ4v) is 0. The second kappa shape index (κ2) is 4.06. The highest BCUT2D eigenvalue weighted by Crippen LogP contribution is 2.00. The minimum absolute atomic E-state index is 0. The summed E-state index contributed by atoms with van der Waals surface area (Å²) in [5, 5.41) is 0. The summed E-state index contributed by atoms with van der Waals surface area (Å²) in [5.41, 5.74) is 0. The zero-order valence-electron chi connectivity index (χ0n) is 3.36. The molecule has 0 aromatic rings. The maximum Gasteiger partial charge on any atom is 0.332 e. The summed E-state index contributed by atoms with van der Waals surface area (Å²) in [6, 6.07) is 0. The summed E-state index contributed by atoms with van der Waals surface area (Å²) in [5.74, 6) is 0. The Hall–Kier alpha value is 0.0600. The summed E-state index contributed by atoms with van der Waals surface area (Å²) in [6.45, 7) is 3.35. The molecular weight excluding hydrogens is 87.0 g/mol. The Morgan fingerprint density at radius 1 is 1.40 bits per heavy atom. The monoisotopic (exact) mass is 95.0 g/mol. The Bertz CT molecular complexity index is 30.6. The highest BCUT2D eigenvalue weighted by atomic mass is 31.1. The fraction of sp³-hybridized carbons (Fsp3) is 1.00. The average molecular weight is 95.1 g/mol. The van der Waals surface area contributed by atoms with E-state index in [0.29, 0.717) is 0 Å².